The molecule has 0 bridgehead atoms. The van der Waals surface area contributed by atoms with E-state index >= 15 is 0 Å². The molecule has 17 heavy (non-hydrogen) atoms. The zero-order chi connectivity index (χ0) is 12.9. The second-order valence-corrected chi connectivity index (χ2v) is 4.78. The summed E-state index contributed by atoms with van der Waals surface area (Å²) in [6.07, 6.45) is 2.61. The second kappa shape index (κ2) is 6.06. The second-order valence-electron chi connectivity index (χ2n) is 4.78. The number of hydrogen-bond acceptors (Lipinski definition) is 2. The molecule has 1 aromatic carbocycles. The molecule has 2 nitrogen and oxygen atoms in total. The van der Waals surface area contributed by atoms with E-state index in [0.717, 1.165) is 24.9 Å². The fraction of sp³-hybridized carbons (Fsp3) is 0.600. The average Bonchev–Trinajstić information content (AvgIpc) is 2.37. The summed E-state index contributed by atoms with van der Waals surface area (Å²) in [5, 5.41) is 13.5. The number of nitrogens with one attached hydrogen (secondary N) is 1. The predicted octanol–water partition coefficient (Wildman–Crippen LogP) is 3.52. The number of hydrogen-bond donors (Lipinski definition) is 2. The van der Waals surface area contributed by atoms with Gasteiger partial charge >= 0.3 is 0 Å². The van der Waals surface area contributed by atoms with Gasteiger partial charge in [-0.15, -0.1) is 0 Å². The summed E-state index contributed by atoms with van der Waals surface area (Å²) in [6, 6.07) is 6.40. The van der Waals surface area contributed by atoms with Crippen molar-refractivity contribution in [2.75, 3.05) is 11.9 Å². The third-order valence-electron chi connectivity index (χ3n) is 3.67. The van der Waals surface area contributed by atoms with Gasteiger partial charge in [-0.3, -0.25) is 0 Å². The van der Waals surface area contributed by atoms with Crippen LogP contribution in [0.4, 0.5) is 5.69 Å². The van der Waals surface area contributed by atoms with Gasteiger partial charge in [0, 0.05) is 12.2 Å². The Labute approximate surface area is 105 Å². The maximum Gasteiger partial charge on any atom is 0.0814 e. The highest BCUT2D eigenvalue weighted by atomic mass is 16.3. The molecule has 0 heterocycles. The minimum atomic E-state index is -0.586. The van der Waals surface area contributed by atoms with E-state index in [1.165, 1.54) is 11.1 Å². The molecule has 0 aliphatic heterocycles. The summed E-state index contributed by atoms with van der Waals surface area (Å²) in [5.41, 5.74) is 3.22. The van der Waals surface area contributed by atoms with E-state index < -0.39 is 5.60 Å². The van der Waals surface area contributed by atoms with Crippen LogP contribution >= 0.6 is 0 Å². The van der Waals surface area contributed by atoms with Crippen LogP contribution in [0.5, 0.6) is 0 Å². The molecule has 1 rings (SSSR count). The summed E-state index contributed by atoms with van der Waals surface area (Å²) >= 11 is 0. The third-order valence-corrected chi connectivity index (χ3v) is 3.67. The first-order chi connectivity index (χ1) is 8.04. The maximum atomic E-state index is 10.2. The number of benzene rings is 1. The molecule has 0 aromatic heterocycles. The summed E-state index contributed by atoms with van der Waals surface area (Å²) in [7, 11) is 0. The molecule has 1 aromatic rings. The first-order valence-electron chi connectivity index (χ1n) is 6.60. The number of anilines is 1. The van der Waals surface area contributed by atoms with Crippen molar-refractivity contribution in [2.45, 2.75) is 52.6 Å². The molecule has 0 unspecified atom stereocenters. The molecule has 0 saturated carbocycles. The highest BCUT2D eigenvalue weighted by Gasteiger charge is 2.21. The number of aryl methyl sites for hydroxylation is 2. The summed E-state index contributed by atoms with van der Waals surface area (Å²) in [6.45, 7) is 8.97. The monoisotopic (exact) mass is 235 g/mol. The lowest BCUT2D eigenvalue weighted by Gasteiger charge is -2.26. The van der Waals surface area contributed by atoms with Crippen LogP contribution in [-0.2, 0) is 6.42 Å². The Bertz CT molecular complexity index is 356. The van der Waals surface area contributed by atoms with Crippen LogP contribution in [0, 0.1) is 6.92 Å². The van der Waals surface area contributed by atoms with Gasteiger partial charge in [0.25, 0.3) is 0 Å². The normalized spacial score (nSPS) is 11.6. The van der Waals surface area contributed by atoms with Crippen molar-refractivity contribution in [3.63, 3.8) is 0 Å². The van der Waals surface area contributed by atoms with Gasteiger partial charge in [0.05, 0.1) is 5.60 Å². The predicted molar refractivity (Wildman–Crippen MR) is 74.6 cm³/mol. The van der Waals surface area contributed by atoms with Crippen molar-refractivity contribution < 1.29 is 5.11 Å². The molecule has 96 valence electrons. The maximum absolute atomic E-state index is 10.2. The lowest BCUT2D eigenvalue weighted by molar-refractivity contribution is 0.0457. The smallest absolute Gasteiger partial charge is 0.0814 e. The van der Waals surface area contributed by atoms with Crippen LogP contribution < -0.4 is 5.32 Å². The SMILES string of the molecule is CCc1cc(NCC(O)(CC)CC)ccc1C. The standard InChI is InChI=1S/C15H25NO/c1-5-13-10-14(9-8-12(13)4)16-11-15(17,6-2)7-3/h8-10,16-17H,5-7,11H2,1-4H3. The molecule has 0 spiro atoms. The third kappa shape index (κ3) is 3.74. The minimum Gasteiger partial charge on any atom is -0.388 e. The quantitative estimate of drug-likeness (QED) is 0.790. The molecule has 0 atom stereocenters. The van der Waals surface area contributed by atoms with E-state index in [4.69, 9.17) is 0 Å². The van der Waals surface area contributed by atoms with Gasteiger partial charge < -0.3 is 10.4 Å². The molecule has 0 saturated heterocycles. The van der Waals surface area contributed by atoms with Gasteiger partial charge in [0.2, 0.25) is 0 Å². The van der Waals surface area contributed by atoms with Crippen molar-refractivity contribution in [3.05, 3.63) is 29.3 Å². The summed E-state index contributed by atoms with van der Waals surface area (Å²) < 4.78 is 0. The highest BCUT2D eigenvalue weighted by Crippen LogP contribution is 2.19. The van der Waals surface area contributed by atoms with Gasteiger partial charge in [0.15, 0.2) is 0 Å². The van der Waals surface area contributed by atoms with Crippen molar-refractivity contribution in [2.24, 2.45) is 0 Å². The average molecular weight is 235 g/mol. The van der Waals surface area contributed by atoms with Crippen molar-refractivity contribution >= 4 is 5.69 Å². The fourth-order valence-electron chi connectivity index (χ4n) is 1.93. The molecular weight excluding hydrogens is 210 g/mol. The number of rotatable bonds is 6. The van der Waals surface area contributed by atoms with Gasteiger partial charge in [-0.1, -0.05) is 26.8 Å². The largest absolute Gasteiger partial charge is 0.388 e. The summed E-state index contributed by atoms with van der Waals surface area (Å²) in [5.74, 6) is 0. The lowest BCUT2D eigenvalue weighted by Crippen LogP contribution is -2.35. The van der Waals surface area contributed by atoms with E-state index in [2.05, 4.69) is 37.4 Å². The van der Waals surface area contributed by atoms with Crippen LogP contribution in [0.1, 0.15) is 44.7 Å². The van der Waals surface area contributed by atoms with Gasteiger partial charge in [-0.25, -0.2) is 0 Å². The van der Waals surface area contributed by atoms with Crippen LogP contribution in [0.2, 0.25) is 0 Å². The van der Waals surface area contributed by atoms with Gasteiger partial charge in [0.1, 0.15) is 0 Å². The zero-order valence-electron chi connectivity index (χ0n) is 11.5. The lowest BCUT2D eigenvalue weighted by atomic mass is 9.97. The molecule has 0 aliphatic carbocycles. The van der Waals surface area contributed by atoms with E-state index in [-0.39, 0.29) is 0 Å². The number of aliphatic hydroxyl groups is 1. The van der Waals surface area contributed by atoms with E-state index in [1.807, 2.05) is 13.8 Å². The zero-order valence-corrected chi connectivity index (χ0v) is 11.5. The summed E-state index contributed by atoms with van der Waals surface area (Å²) in [4.78, 5) is 0. The molecule has 2 N–H and O–H groups in total. The van der Waals surface area contributed by atoms with Crippen LogP contribution in [0.25, 0.3) is 0 Å². The molecule has 2 heteroatoms. The molecule has 0 fully saturated rings. The van der Waals surface area contributed by atoms with Crippen LogP contribution in [0.3, 0.4) is 0 Å². The van der Waals surface area contributed by atoms with E-state index in [0.29, 0.717) is 6.54 Å². The minimum absolute atomic E-state index is 0.586. The van der Waals surface area contributed by atoms with Crippen LogP contribution in [0.15, 0.2) is 18.2 Å². The van der Waals surface area contributed by atoms with Crippen LogP contribution in [-0.4, -0.2) is 17.3 Å². The molecule has 0 aliphatic rings. The van der Waals surface area contributed by atoms with Gasteiger partial charge in [-0.05, 0) is 49.4 Å². The van der Waals surface area contributed by atoms with E-state index in [9.17, 15) is 5.11 Å². The molecule has 0 radical (unpaired) electrons. The topological polar surface area (TPSA) is 32.3 Å². The van der Waals surface area contributed by atoms with Crippen molar-refractivity contribution in [1.29, 1.82) is 0 Å². The van der Waals surface area contributed by atoms with Crippen molar-refractivity contribution in [1.82, 2.24) is 0 Å². The Morgan fingerprint density at radius 2 is 1.82 bits per heavy atom. The Hall–Kier alpha value is -1.02. The van der Waals surface area contributed by atoms with Crippen molar-refractivity contribution in [3.8, 4) is 0 Å². The Morgan fingerprint density at radius 1 is 1.18 bits per heavy atom. The fourth-order valence-corrected chi connectivity index (χ4v) is 1.93. The molecular formula is C15H25NO. The first-order valence-corrected chi connectivity index (χ1v) is 6.60. The Kier molecular flexibility index (Phi) is 5.01. The van der Waals surface area contributed by atoms with E-state index in [1.54, 1.807) is 0 Å². The first kappa shape index (κ1) is 14.0. The Balaban J connectivity index is 2.69. The molecule has 0 amide bonds. The van der Waals surface area contributed by atoms with Gasteiger partial charge in [-0.2, -0.15) is 0 Å². The Morgan fingerprint density at radius 3 is 2.35 bits per heavy atom. The highest BCUT2D eigenvalue weighted by molar-refractivity contribution is 5.48.